The smallest absolute Gasteiger partial charge is 0.150 e. The number of aromatic nitrogens is 2. The molecule has 0 aliphatic rings. The van der Waals surface area contributed by atoms with Crippen LogP contribution in [0.5, 0.6) is 5.75 Å². The summed E-state index contributed by atoms with van der Waals surface area (Å²) in [7, 11) is 1.63. The average Bonchev–Trinajstić information content (AvgIpc) is 3.12. The molecule has 0 bridgehead atoms. The SMILES string of the molecule is COc1cccc(-c2nc3cc(F)ccc3cc2CNCc2cc(C)no2)c1. The molecule has 0 saturated carbocycles. The lowest BCUT2D eigenvalue weighted by Gasteiger charge is -2.12. The minimum Gasteiger partial charge on any atom is -0.497 e. The van der Waals surface area contributed by atoms with Crippen molar-refractivity contribution >= 4 is 10.9 Å². The molecule has 0 radical (unpaired) electrons. The first-order valence-electron chi connectivity index (χ1n) is 8.99. The standard InChI is InChI=1S/C22H20FN3O2/c1-14-8-20(28-26-14)13-24-12-17-9-15-6-7-18(23)11-21(15)25-22(17)16-4-3-5-19(10-16)27-2/h3-11,24H,12-13H2,1-2H3. The van der Waals surface area contributed by atoms with Crippen LogP contribution < -0.4 is 10.1 Å². The Morgan fingerprint density at radius 1 is 1.07 bits per heavy atom. The van der Waals surface area contributed by atoms with Crippen molar-refractivity contribution in [2.45, 2.75) is 20.0 Å². The number of hydrogen-bond acceptors (Lipinski definition) is 5. The molecule has 0 aliphatic carbocycles. The minimum atomic E-state index is -0.303. The van der Waals surface area contributed by atoms with Crippen molar-refractivity contribution in [3.8, 4) is 17.0 Å². The van der Waals surface area contributed by atoms with E-state index in [2.05, 4.69) is 10.5 Å². The van der Waals surface area contributed by atoms with Crippen LogP contribution in [0, 0.1) is 12.7 Å². The molecule has 1 N–H and O–H groups in total. The van der Waals surface area contributed by atoms with Crippen molar-refractivity contribution in [3.05, 3.63) is 77.4 Å². The van der Waals surface area contributed by atoms with Gasteiger partial charge in [0.05, 0.1) is 30.6 Å². The van der Waals surface area contributed by atoms with Crippen molar-refractivity contribution in [2.24, 2.45) is 0 Å². The van der Waals surface area contributed by atoms with Crippen LogP contribution in [-0.4, -0.2) is 17.3 Å². The number of nitrogens with zero attached hydrogens (tertiary/aromatic N) is 2. The summed E-state index contributed by atoms with van der Waals surface area (Å²) in [6.45, 7) is 3.02. The van der Waals surface area contributed by atoms with Crippen molar-refractivity contribution in [2.75, 3.05) is 7.11 Å². The third-order valence-corrected chi connectivity index (χ3v) is 4.49. The Balaban J connectivity index is 1.70. The predicted molar refractivity (Wildman–Crippen MR) is 105 cm³/mol. The molecule has 0 fully saturated rings. The summed E-state index contributed by atoms with van der Waals surface area (Å²) in [6.07, 6.45) is 0. The molecular formula is C22H20FN3O2. The van der Waals surface area contributed by atoms with Gasteiger partial charge in [0.2, 0.25) is 0 Å². The highest BCUT2D eigenvalue weighted by atomic mass is 19.1. The molecule has 2 heterocycles. The van der Waals surface area contributed by atoms with Gasteiger partial charge in [-0.25, -0.2) is 9.37 Å². The third kappa shape index (κ3) is 3.87. The Bertz CT molecular complexity index is 1120. The first-order valence-corrected chi connectivity index (χ1v) is 8.99. The molecule has 4 aromatic rings. The third-order valence-electron chi connectivity index (χ3n) is 4.49. The Hall–Kier alpha value is -3.25. The van der Waals surface area contributed by atoms with E-state index in [-0.39, 0.29) is 5.82 Å². The highest BCUT2D eigenvalue weighted by Gasteiger charge is 2.11. The van der Waals surface area contributed by atoms with Gasteiger partial charge in [0, 0.05) is 29.6 Å². The van der Waals surface area contributed by atoms with Crippen molar-refractivity contribution < 1.29 is 13.7 Å². The quantitative estimate of drug-likeness (QED) is 0.531. The Labute approximate surface area is 162 Å². The zero-order chi connectivity index (χ0) is 19.5. The number of ether oxygens (including phenoxy) is 1. The van der Waals surface area contributed by atoms with E-state index in [1.807, 2.05) is 43.3 Å². The fourth-order valence-electron chi connectivity index (χ4n) is 3.16. The predicted octanol–water partition coefficient (Wildman–Crippen LogP) is 4.64. The molecule has 2 aromatic carbocycles. The number of pyridine rings is 1. The molecule has 4 rings (SSSR count). The van der Waals surface area contributed by atoms with Gasteiger partial charge in [0.15, 0.2) is 5.76 Å². The maximum absolute atomic E-state index is 13.7. The largest absolute Gasteiger partial charge is 0.497 e. The Morgan fingerprint density at radius 3 is 2.75 bits per heavy atom. The second kappa shape index (κ2) is 7.78. The lowest BCUT2D eigenvalue weighted by molar-refractivity contribution is 0.369. The van der Waals surface area contributed by atoms with E-state index in [0.29, 0.717) is 18.6 Å². The fraction of sp³-hybridized carbons (Fsp3) is 0.182. The topological polar surface area (TPSA) is 60.2 Å². The molecular weight excluding hydrogens is 357 g/mol. The van der Waals surface area contributed by atoms with Crippen LogP contribution in [0.15, 0.2) is 59.1 Å². The van der Waals surface area contributed by atoms with E-state index in [1.54, 1.807) is 13.2 Å². The number of fused-ring (bicyclic) bond motifs is 1. The summed E-state index contributed by atoms with van der Waals surface area (Å²) >= 11 is 0. The van der Waals surface area contributed by atoms with Crippen LogP contribution in [0.3, 0.4) is 0 Å². The monoisotopic (exact) mass is 377 g/mol. The summed E-state index contributed by atoms with van der Waals surface area (Å²) < 4.78 is 24.3. The molecule has 142 valence electrons. The second-order valence-corrected chi connectivity index (χ2v) is 6.60. The van der Waals surface area contributed by atoms with Crippen molar-refractivity contribution in [3.63, 3.8) is 0 Å². The number of methoxy groups -OCH3 is 1. The molecule has 0 saturated heterocycles. The van der Waals surface area contributed by atoms with Crippen LogP contribution in [-0.2, 0) is 13.1 Å². The second-order valence-electron chi connectivity index (χ2n) is 6.60. The average molecular weight is 377 g/mol. The van der Waals surface area contributed by atoms with E-state index in [1.165, 1.54) is 12.1 Å². The molecule has 0 unspecified atom stereocenters. The van der Waals surface area contributed by atoms with Crippen molar-refractivity contribution in [1.29, 1.82) is 0 Å². The highest BCUT2D eigenvalue weighted by Crippen LogP contribution is 2.28. The van der Waals surface area contributed by atoms with Gasteiger partial charge in [0.25, 0.3) is 0 Å². The summed E-state index contributed by atoms with van der Waals surface area (Å²) in [5, 5.41) is 8.16. The van der Waals surface area contributed by atoms with Gasteiger partial charge >= 0.3 is 0 Å². The van der Waals surface area contributed by atoms with Crippen molar-refractivity contribution in [1.82, 2.24) is 15.5 Å². The fourth-order valence-corrected chi connectivity index (χ4v) is 3.16. The first kappa shape index (κ1) is 18.1. The van der Waals surface area contributed by atoms with E-state index >= 15 is 0 Å². The highest BCUT2D eigenvalue weighted by molar-refractivity contribution is 5.83. The summed E-state index contributed by atoms with van der Waals surface area (Å²) in [5.74, 6) is 1.22. The van der Waals surface area contributed by atoms with Gasteiger partial charge in [-0.15, -0.1) is 0 Å². The van der Waals surface area contributed by atoms with Crippen LogP contribution in [0.1, 0.15) is 17.0 Å². The van der Waals surface area contributed by atoms with E-state index in [9.17, 15) is 4.39 Å². The Kier molecular flexibility index (Phi) is 5.04. The zero-order valence-corrected chi connectivity index (χ0v) is 15.7. The van der Waals surface area contributed by atoms with Gasteiger partial charge in [0.1, 0.15) is 11.6 Å². The number of rotatable bonds is 6. The molecule has 0 atom stereocenters. The number of aryl methyl sites for hydroxylation is 1. The maximum Gasteiger partial charge on any atom is 0.150 e. The van der Waals surface area contributed by atoms with Gasteiger partial charge in [-0.2, -0.15) is 0 Å². The van der Waals surface area contributed by atoms with Crippen LogP contribution in [0.25, 0.3) is 22.2 Å². The first-order chi connectivity index (χ1) is 13.6. The number of halogens is 1. The number of nitrogens with one attached hydrogen (secondary N) is 1. The molecule has 28 heavy (non-hydrogen) atoms. The van der Waals surface area contributed by atoms with Gasteiger partial charge in [-0.1, -0.05) is 17.3 Å². The molecule has 0 amide bonds. The molecule has 6 heteroatoms. The normalized spacial score (nSPS) is 11.1. The molecule has 2 aromatic heterocycles. The molecule has 0 aliphatic heterocycles. The van der Waals surface area contributed by atoms with Crippen LogP contribution >= 0.6 is 0 Å². The van der Waals surface area contributed by atoms with Crippen LogP contribution in [0.4, 0.5) is 4.39 Å². The maximum atomic E-state index is 13.7. The van der Waals surface area contributed by atoms with E-state index in [4.69, 9.17) is 14.2 Å². The summed E-state index contributed by atoms with van der Waals surface area (Å²) in [4.78, 5) is 4.74. The Morgan fingerprint density at radius 2 is 1.96 bits per heavy atom. The number of benzene rings is 2. The summed E-state index contributed by atoms with van der Waals surface area (Å²) in [5.41, 5.74) is 4.18. The zero-order valence-electron chi connectivity index (χ0n) is 15.7. The molecule has 5 nitrogen and oxygen atoms in total. The van der Waals surface area contributed by atoms with E-state index in [0.717, 1.165) is 39.4 Å². The van der Waals surface area contributed by atoms with Crippen LogP contribution in [0.2, 0.25) is 0 Å². The van der Waals surface area contributed by atoms with Gasteiger partial charge in [-0.3, -0.25) is 0 Å². The van der Waals surface area contributed by atoms with Gasteiger partial charge < -0.3 is 14.6 Å². The van der Waals surface area contributed by atoms with Gasteiger partial charge in [-0.05, 0) is 42.8 Å². The lowest BCUT2D eigenvalue weighted by Crippen LogP contribution is -2.13. The lowest BCUT2D eigenvalue weighted by atomic mass is 10.0. The minimum absolute atomic E-state index is 0.303. The van der Waals surface area contributed by atoms with E-state index < -0.39 is 0 Å². The summed E-state index contributed by atoms with van der Waals surface area (Å²) in [6, 6.07) is 16.3. The molecule has 0 spiro atoms. The number of hydrogen-bond donors (Lipinski definition) is 1.